The molecular formula is C54H57BN2OS. The molecule has 2 aliphatic heterocycles. The van der Waals surface area contributed by atoms with E-state index in [1.54, 1.807) is 0 Å². The summed E-state index contributed by atoms with van der Waals surface area (Å²) >= 11 is 1.86. The van der Waals surface area contributed by atoms with Crippen molar-refractivity contribution in [1.82, 2.24) is 0 Å². The van der Waals surface area contributed by atoms with E-state index in [1.807, 2.05) is 41.7 Å². The van der Waals surface area contributed by atoms with Crippen LogP contribution in [-0.2, 0) is 21.7 Å². The molecule has 0 radical (unpaired) electrons. The van der Waals surface area contributed by atoms with Crippen molar-refractivity contribution in [2.24, 2.45) is 0 Å². The van der Waals surface area contributed by atoms with Crippen LogP contribution in [0.5, 0.6) is 11.5 Å². The number of hydrogen-bond acceptors (Lipinski definition) is 4. The van der Waals surface area contributed by atoms with E-state index >= 15 is 0 Å². The minimum absolute atomic E-state index is 0.00890. The summed E-state index contributed by atoms with van der Waals surface area (Å²) in [6, 6.07) is 45.5. The number of thiophene rings is 1. The predicted molar refractivity (Wildman–Crippen MR) is 257 cm³/mol. The Morgan fingerprint density at radius 1 is 0.458 bits per heavy atom. The van der Waals surface area contributed by atoms with Crippen LogP contribution in [0.1, 0.15) is 105 Å². The van der Waals surface area contributed by atoms with E-state index in [0.717, 1.165) is 34.2 Å². The molecule has 0 fully saturated rings. The molecule has 5 heteroatoms. The average molecular weight is 793 g/mol. The van der Waals surface area contributed by atoms with Gasteiger partial charge in [0, 0.05) is 51.0 Å². The van der Waals surface area contributed by atoms with Gasteiger partial charge in [-0.25, -0.2) is 0 Å². The Bertz CT molecular complexity index is 2720. The second kappa shape index (κ2) is 13.6. The summed E-state index contributed by atoms with van der Waals surface area (Å²) < 4.78 is 8.15. The molecule has 0 aliphatic carbocycles. The summed E-state index contributed by atoms with van der Waals surface area (Å²) in [5.74, 6) is 1.62. The van der Waals surface area contributed by atoms with Gasteiger partial charge in [-0.3, -0.25) is 0 Å². The highest BCUT2D eigenvalue weighted by Gasteiger charge is 2.45. The third kappa shape index (κ3) is 6.86. The lowest BCUT2D eigenvalue weighted by atomic mass is 9.33. The molecular weight excluding hydrogens is 735 g/mol. The molecule has 298 valence electrons. The largest absolute Gasteiger partial charge is 0.457 e. The van der Waals surface area contributed by atoms with Crippen LogP contribution in [0.15, 0.2) is 127 Å². The van der Waals surface area contributed by atoms with E-state index in [1.165, 1.54) is 60.1 Å². The molecule has 0 bridgehead atoms. The molecule has 7 aromatic rings. The van der Waals surface area contributed by atoms with E-state index in [-0.39, 0.29) is 28.4 Å². The minimum Gasteiger partial charge on any atom is -0.457 e. The molecule has 3 heterocycles. The fourth-order valence-corrected chi connectivity index (χ4v) is 10.2. The third-order valence-corrected chi connectivity index (χ3v) is 13.3. The molecule has 6 aromatic carbocycles. The summed E-state index contributed by atoms with van der Waals surface area (Å²) in [6.07, 6.45) is 0. The van der Waals surface area contributed by atoms with Crippen LogP contribution in [0, 0.1) is 0 Å². The normalized spacial score (nSPS) is 14.0. The lowest BCUT2D eigenvalue weighted by molar-refractivity contribution is 0.483. The van der Waals surface area contributed by atoms with Crippen molar-refractivity contribution in [2.75, 3.05) is 9.80 Å². The van der Waals surface area contributed by atoms with Crippen molar-refractivity contribution in [3.05, 3.63) is 149 Å². The number of rotatable bonds is 4. The molecule has 1 aromatic heterocycles. The lowest BCUT2D eigenvalue weighted by Gasteiger charge is -2.45. The molecule has 3 nitrogen and oxygen atoms in total. The first-order chi connectivity index (χ1) is 27.8. The van der Waals surface area contributed by atoms with Gasteiger partial charge in [0.15, 0.2) is 0 Å². The summed E-state index contributed by atoms with van der Waals surface area (Å²) in [5.41, 5.74) is 16.4. The second-order valence-electron chi connectivity index (χ2n) is 20.8. The molecule has 59 heavy (non-hydrogen) atoms. The second-order valence-corrected chi connectivity index (χ2v) is 21.7. The van der Waals surface area contributed by atoms with Crippen molar-refractivity contribution < 1.29 is 4.74 Å². The van der Waals surface area contributed by atoms with Crippen molar-refractivity contribution in [1.29, 1.82) is 0 Å². The van der Waals surface area contributed by atoms with Gasteiger partial charge in [0.05, 0.1) is 0 Å². The van der Waals surface area contributed by atoms with Crippen LogP contribution < -0.4 is 30.9 Å². The first-order valence-electron chi connectivity index (χ1n) is 21.2. The number of benzene rings is 6. The van der Waals surface area contributed by atoms with Crippen LogP contribution in [0.25, 0.3) is 10.1 Å². The van der Waals surface area contributed by atoms with E-state index in [0.29, 0.717) is 0 Å². The summed E-state index contributed by atoms with van der Waals surface area (Å²) in [5, 5.41) is 3.74. The Balaban J connectivity index is 1.40. The van der Waals surface area contributed by atoms with Gasteiger partial charge in [-0.15, -0.1) is 11.3 Å². The number of anilines is 6. The maximum atomic E-state index is 6.84. The van der Waals surface area contributed by atoms with Crippen molar-refractivity contribution in [2.45, 2.75) is 105 Å². The maximum Gasteiger partial charge on any atom is 0.252 e. The highest BCUT2D eigenvalue weighted by Crippen LogP contribution is 2.49. The Morgan fingerprint density at radius 3 is 1.49 bits per heavy atom. The number of hydrogen-bond donors (Lipinski definition) is 0. The molecule has 0 atom stereocenters. The van der Waals surface area contributed by atoms with Gasteiger partial charge >= 0.3 is 0 Å². The quantitative estimate of drug-likeness (QED) is 0.165. The van der Waals surface area contributed by atoms with Gasteiger partial charge < -0.3 is 14.5 Å². The fraction of sp³-hybridized carbons (Fsp3) is 0.296. The summed E-state index contributed by atoms with van der Waals surface area (Å²) in [4.78, 5) is 5.02. The summed E-state index contributed by atoms with van der Waals surface area (Å²) in [7, 11) is 0. The van der Waals surface area contributed by atoms with E-state index in [9.17, 15) is 0 Å². The molecule has 9 rings (SSSR count). The van der Waals surface area contributed by atoms with E-state index in [2.05, 4.69) is 189 Å². The SMILES string of the molecule is CC(C)(C)c1ccc(N2c3ccc(C(C)(C)C)cc3B3c4cc5c(C(C)(C)C)csc5cc4N(c4ccc(C(C)(C)C)cc4)c4cc(Oc5ccccc5)cc2c43)cc1. The van der Waals surface area contributed by atoms with Gasteiger partial charge in [-0.1, -0.05) is 144 Å². The van der Waals surface area contributed by atoms with Gasteiger partial charge in [-0.2, -0.15) is 0 Å². The summed E-state index contributed by atoms with van der Waals surface area (Å²) in [6.45, 7) is 27.7. The Hall–Kier alpha value is -5.26. The highest BCUT2D eigenvalue weighted by molar-refractivity contribution is 7.17. The zero-order valence-electron chi connectivity index (χ0n) is 36.9. The van der Waals surface area contributed by atoms with Crippen LogP contribution >= 0.6 is 11.3 Å². The van der Waals surface area contributed by atoms with Crippen LogP contribution in [0.3, 0.4) is 0 Å². The standard InChI is InChI=1S/C54H57BN2OS/c1-51(2,3)34-18-23-37(24-19-34)56-45-27-22-36(53(7,8)9)28-43(45)55-44-31-41-42(54(10,11)12)33-59-49(41)32-46(44)57(38-25-20-35(21-26-38)52(4,5)6)48-30-40(29-47(56)50(48)55)58-39-16-14-13-15-17-39/h13-33H,1-12H3. The highest BCUT2D eigenvalue weighted by atomic mass is 32.1. The zero-order chi connectivity index (χ0) is 41.8. The van der Waals surface area contributed by atoms with Crippen molar-refractivity contribution in [3.8, 4) is 11.5 Å². The first kappa shape index (κ1) is 39.2. The Labute approximate surface area is 356 Å². The molecule has 0 unspecified atom stereocenters. The molecule has 0 saturated carbocycles. The smallest absolute Gasteiger partial charge is 0.252 e. The van der Waals surface area contributed by atoms with Crippen LogP contribution in [-0.4, -0.2) is 6.71 Å². The number of para-hydroxylation sites is 1. The predicted octanol–water partition coefficient (Wildman–Crippen LogP) is 14.0. The molecule has 0 saturated heterocycles. The minimum atomic E-state index is -0.0280. The molecule has 0 amide bonds. The number of fused-ring (bicyclic) bond motifs is 5. The third-order valence-electron chi connectivity index (χ3n) is 12.4. The number of ether oxygens (including phenoxy) is 1. The van der Waals surface area contributed by atoms with Crippen LogP contribution in [0.2, 0.25) is 0 Å². The molecule has 2 aliphatic rings. The lowest BCUT2D eigenvalue weighted by Crippen LogP contribution is -2.61. The van der Waals surface area contributed by atoms with Gasteiger partial charge in [0.2, 0.25) is 0 Å². The van der Waals surface area contributed by atoms with Crippen molar-refractivity contribution >= 4 is 78.6 Å². The first-order valence-corrected chi connectivity index (χ1v) is 22.1. The molecule has 0 spiro atoms. The van der Waals surface area contributed by atoms with Crippen molar-refractivity contribution in [3.63, 3.8) is 0 Å². The van der Waals surface area contributed by atoms with E-state index < -0.39 is 0 Å². The monoisotopic (exact) mass is 792 g/mol. The van der Waals surface area contributed by atoms with Gasteiger partial charge in [0.1, 0.15) is 11.5 Å². The zero-order valence-corrected chi connectivity index (χ0v) is 37.7. The molecule has 0 N–H and O–H groups in total. The Kier molecular flexibility index (Phi) is 9.07. The van der Waals surface area contributed by atoms with Gasteiger partial charge in [-0.05, 0) is 120 Å². The maximum absolute atomic E-state index is 6.84. The topological polar surface area (TPSA) is 15.7 Å². The fourth-order valence-electron chi connectivity index (χ4n) is 9.00. The Morgan fingerprint density at radius 2 is 0.966 bits per heavy atom. The van der Waals surface area contributed by atoms with Gasteiger partial charge in [0.25, 0.3) is 6.71 Å². The average Bonchev–Trinajstić information content (AvgIpc) is 3.60. The van der Waals surface area contributed by atoms with Crippen LogP contribution in [0.4, 0.5) is 34.1 Å². The van der Waals surface area contributed by atoms with E-state index in [4.69, 9.17) is 4.74 Å². The number of nitrogens with zero attached hydrogens (tertiary/aromatic N) is 2.